The molecule has 0 aromatic rings. The Balaban J connectivity index is 2.44. The number of aliphatic hydroxyl groups is 1. The van der Waals surface area contributed by atoms with E-state index in [2.05, 4.69) is 0 Å². The predicted molar refractivity (Wildman–Crippen MR) is 55.1 cm³/mol. The van der Waals surface area contributed by atoms with E-state index in [0.717, 1.165) is 0 Å². The Morgan fingerprint density at radius 3 is 2.60 bits per heavy atom. The van der Waals surface area contributed by atoms with Crippen molar-refractivity contribution in [2.45, 2.75) is 37.5 Å². The Morgan fingerprint density at radius 1 is 1.47 bits per heavy atom. The van der Waals surface area contributed by atoms with Gasteiger partial charge in [-0.2, -0.15) is 0 Å². The van der Waals surface area contributed by atoms with E-state index in [9.17, 15) is 18.3 Å². The molecule has 1 N–H and O–H groups in total. The summed E-state index contributed by atoms with van der Waals surface area (Å²) in [6.45, 7) is 3.15. The fourth-order valence-electron chi connectivity index (χ4n) is 3.27. The first-order valence-electron chi connectivity index (χ1n) is 5.24. The molecule has 0 aromatic heterocycles. The number of carbonyl (C=O) groups excluding carboxylic acids is 1. The second-order valence-electron chi connectivity index (χ2n) is 4.89. The third-order valence-electron chi connectivity index (χ3n) is 3.94. The molecule has 2 fully saturated rings. The lowest BCUT2D eigenvalue weighted by molar-refractivity contribution is -0.138. The molecule has 1 saturated heterocycles. The third-order valence-corrected chi connectivity index (χ3v) is 6.37. The van der Waals surface area contributed by atoms with Gasteiger partial charge >= 0.3 is 0 Å². The van der Waals surface area contributed by atoms with E-state index in [0.29, 0.717) is 6.42 Å². The van der Waals surface area contributed by atoms with Gasteiger partial charge < -0.3 is 5.11 Å². The molecule has 1 heterocycles. The second kappa shape index (κ2) is 3.04. The fourth-order valence-corrected chi connectivity index (χ4v) is 5.79. The number of rotatable bonds is 1. The molecule has 4 atom stereocenters. The lowest BCUT2D eigenvalue weighted by atomic mass is 9.86. The van der Waals surface area contributed by atoms with Crippen LogP contribution in [-0.4, -0.2) is 35.9 Å². The monoisotopic (exact) mass is 232 g/mol. The molecule has 0 amide bonds. The summed E-state index contributed by atoms with van der Waals surface area (Å²) < 4.78 is 23.5. The van der Waals surface area contributed by atoms with Gasteiger partial charge in [0, 0.05) is 5.92 Å². The highest BCUT2D eigenvalue weighted by atomic mass is 32.2. The van der Waals surface area contributed by atoms with E-state index in [4.69, 9.17) is 0 Å². The lowest BCUT2D eigenvalue weighted by Gasteiger charge is -2.25. The number of carbonyl (C=O) groups is 1. The van der Waals surface area contributed by atoms with Crippen LogP contribution in [0, 0.1) is 11.8 Å². The molecule has 86 valence electrons. The minimum absolute atomic E-state index is 0.113. The number of hydrogen-bond donors (Lipinski definition) is 1. The van der Waals surface area contributed by atoms with Gasteiger partial charge in [0.15, 0.2) is 15.6 Å². The van der Waals surface area contributed by atoms with Crippen molar-refractivity contribution in [2.75, 3.05) is 5.75 Å². The van der Waals surface area contributed by atoms with Crippen molar-refractivity contribution in [3.8, 4) is 0 Å². The normalized spacial score (nSPS) is 47.8. The average Bonchev–Trinajstić information content (AvgIpc) is 2.53. The van der Waals surface area contributed by atoms with E-state index in [1.807, 2.05) is 0 Å². The second-order valence-corrected chi connectivity index (χ2v) is 7.17. The first-order chi connectivity index (χ1) is 6.79. The molecule has 5 heteroatoms. The van der Waals surface area contributed by atoms with Crippen LogP contribution >= 0.6 is 0 Å². The van der Waals surface area contributed by atoms with Gasteiger partial charge in [0.05, 0.1) is 11.0 Å². The van der Waals surface area contributed by atoms with Crippen molar-refractivity contribution < 1.29 is 18.3 Å². The number of ketones is 1. The number of sulfone groups is 1. The zero-order valence-corrected chi connectivity index (χ0v) is 9.75. The molecule has 1 aliphatic carbocycles. The lowest BCUT2D eigenvalue weighted by Crippen LogP contribution is -2.42. The van der Waals surface area contributed by atoms with Gasteiger partial charge in [-0.3, -0.25) is 4.79 Å². The molecule has 0 aromatic carbocycles. The van der Waals surface area contributed by atoms with Crippen molar-refractivity contribution in [1.82, 2.24) is 0 Å². The molecule has 1 saturated carbocycles. The molecule has 1 aliphatic heterocycles. The average molecular weight is 232 g/mol. The smallest absolute Gasteiger partial charge is 0.161 e. The van der Waals surface area contributed by atoms with Crippen LogP contribution in [0.4, 0.5) is 0 Å². The third kappa shape index (κ3) is 1.36. The van der Waals surface area contributed by atoms with Crippen LogP contribution in [-0.2, 0) is 14.6 Å². The Hall–Kier alpha value is -0.420. The zero-order chi connectivity index (χ0) is 11.4. The van der Waals surface area contributed by atoms with Crippen molar-refractivity contribution >= 4 is 15.6 Å². The van der Waals surface area contributed by atoms with E-state index in [1.165, 1.54) is 6.92 Å². The zero-order valence-electron chi connectivity index (χ0n) is 8.93. The Bertz CT molecular complexity index is 400. The molecule has 2 aliphatic rings. The van der Waals surface area contributed by atoms with E-state index in [1.54, 1.807) is 6.92 Å². The van der Waals surface area contributed by atoms with Crippen LogP contribution in [0.15, 0.2) is 0 Å². The van der Waals surface area contributed by atoms with Gasteiger partial charge in [0.1, 0.15) is 5.60 Å². The fraction of sp³-hybridized carbons (Fsp3) is 0.900. The Labute approximate surface area is 89.6 Å². The summed E-state index contributed by atoms with van der Waals surface area (Å²) in [4.78, 5) is 11.4. The number of Topliss-reactive ketones (excluding diaryl/α,β-unsaturated/α-hetero) is 1. The molecule has 0 unspecified atom stereocenters. The molecule has 4 nitrogen and oxygen atoms in total. The predicted octanol–water partition coefficient (Wildman–Crippen LogP) is 0.150. The van der Waals surface area contributed by atoms with Crippen molar-refractivity contribution in [3.05, 3.63) is 0 Å². The van der Waals surface area contributed by atoms with Crippen LogP contribution in [0.2, 0.25) is 0 Å². The minimum Gasteiger partial charge on any atom is -0.382 e. The summed E-state index contributed by atoms with van der Waals surface area (Å²) in [5, 5.41) is 9.72. The number of hydrogen-bond acceptors (Lipinski definition) is 4. The van der Waals surface area contributed by atoms with Crippen LogP contribution < -0.4 is 0 Å². The summed E-state index contributed by atoms with van der Waals surface area (Å²) in [5.74, 6) is -0.673. The van der Waals surface area contributed by atoms with Gasteiger partial charge in [-0.15, -0.1) is 0 Å². The molecular formula is C10H16O4S. The maximum absolute atomic E-state index is 11.7. The van der Waals surface area contributed by atoms with Gasteiger partial charge in [-0.05, 0) is 25.7 Å². The van der Waals surface area contributed by atoms with Crippen molar-refractivity contribution in [3.63, 3.8) is 0 Å². The minimum atomic E-state index is -3.09. The molecular weight excluding hydrogens is 216 g/mol. The summed E-state index contributed by atoms with van der Waals surface area (Å²) in [6.07, 6.45) is 0.713. The molecule has 0 spiro atoms. The van der Waals surface area contributed by atoms with Crippen LogP contribution in [0.3, 0.4) is 0 Å². The molecule has 0 bridgehead atoms. The van der Waals surface area contributed by atoms with Crippen LogP contribution in [0.1, 0.15) is 26.7 Å². The largest absolute Gasteiger partial charge is 0.382 e. The maximum Gasteiger partial charge on any atom is 0.161 e. The summed E-state index contributed by atoms with van der Waals surface area (Å²) >= 11 is 0. The van der Waals surface area contributed by atoms with Gasteiger partial charge in [-0.1, -0.05) is 6.92 Å². The summed E-state index contributed by atoms with van der Waals surface area (Å²) in [7, 11) is -3.09. The Morgan fingerprint density at radius 2 is 2.07 bits per heavy atom. The quantitative estimate of drug-likeness (QED) is 0.698. The highest BCUT2D eigenvalue weighted by Crippen LogP contribution is 2.49. The Kier molecular flexibility index (Phi) is 2.25. The van der Waals surface area contributed by atoms with Gasteiger partial charge in [0.25, 0.3) is 0 Å². The highest BCUT2D eigenvalue weighted by molar-refractivity contribution is 7.92. The molecule has 2 rings (SSSR count). The van der Waals surface area contributed by atoms with Gasteiger partial charge in [0.2, 0.25) is 0 Å². The van der Waals surface area contributed by atoms with Crippen LogP contribution in [0.25, 0.3) is 0 Å². The first-order valence-corrected chi connectivity index (χ1v) is 6.95. The van der Waals surface area contributed by atoms with E-state index >= 15 is 0 Å². The first kappa shape index (κ1) is 11.1. The molecule has 0 radical (unpaired) electrons. The van der Waals surface area contributed by atoms with E-state index in [-0.39, 0.29) is 29.8 Å². The van der Waals surface area contributed by atoms with Crippen molar-refractivity contribution in [1.29, 1.82) is 0 Å². The summed E-state index contributed by atoms with van der Waals surface area (Å²) in [5.41, 5.74) is -1.40. The van der Waals surface area contributed by atoms with Gasteiger partial charge in [-0.25, -0.2) is 8.42 Å². The number of fused-ring (bicyclic) bond motifs is 1. The summed E-state index contributed by atoms with van der Waals surface area (Å²) in [6, 6.07) is 0. The topological polar surface area (TPSA) is 71.4 Å². The SMILES string of the molecule is CC(=O)[C@@]1(O)C[C@@H](C)[C@H]2[C@@H]1CCS2(=O)=O. The van der Waals surface area contributed by atoms with E-state index < -0.39 is 20.7 Å². The maximum atomic E-state index is 11.7. The van der Waals surface area contributed by atoms with Crippen LogP contribution in [0.5, 0.6) is 0 Å². The van der Waals surface area contributed by atoms with Crippen molar-refractivity contribution in [2.24, 2.45) is 11.8 Å². The highest BCUT2D eigenvalue weighted by Gasteiger charge is 2.60. The standard InChI is InChI=1S/C10H16O4S/c1-6-5-10(12,7(2)11)8-3-4-15(13,14)9(6)8/h6,8-9,12H,3-5H2,1-2H3/t6-,8+,9+,10+/m1/s1. The molecule has 15 heavy (non-hydrogen) atoms.